The second kappa shape index (κ2) is 6.42. The van der Waals surface area contributed by atoms with Crippen molar-refractivity contribution in [2.45, 2.75) is 33.7 Å². The van der Waals surface area contributed by atoms with Gasteiger partial charge < -0.3 is 10.1 Å². The average Bonchev–Trinajstić information content (AvgIpc) is 2.33. The maximum absolute atomic E-state index is 9.00. The van der Waals surface area contributed by atoms with Crippen molar-refractivity contribution in [1.29, 1.82) is 5.26 Å². The van der Waals surface area contributed by atoms with Crippen LogP contribution in [-0.2, 0) is 6.54 Å². The Morgan fingerprint density at radius 3 is 2.61 bits per heavy atom. The lowest BCUT2D eigenvalue weighted by Crippen LogP contribution is -2.20. The van der Waals surface area contributed by atoms with Gasteiger partial charge in [0.15, 0.2) is 0 Å². The molecular weight excluding hydrogens is 224 g/mol. The van der Waals surface area contributed by atoms with Gasteiger partial charge in [-0.1, -0.05) is 26.8 Å². The third-order valence-electron chi connectivity index (χ3n) is 2.77. The van der Waals surface area contributed by atoms with Crippen LogP contribution in [0.25, 0.3) is 0 Å². The first-order chi connectivity index (χ1) is 8.46. The van der Waals surface area contributed by atoms with Crippen LogP contribution in [0, 0.1) is 16.7 Å². The predicted octanol–water partition coefficient (Wildman–Crippen LogP) is 3.09. The average molecular weight is 246 g/mol. The van der Waals surface area contributed by atoms with E-state index in [0.717, 1.165) is 25.1 Å². The van der Waals surface area contributed by atoms with Gasteiger partial charge in [-0.2, -0.15) is 5.26 Å². The molecule has 0 aliphatic rings. The zero-order valence-corrected chi connectivity index (χ0v) is 11.7. The molecule has 1 N–H and O–H groups in total. The van der Waals surface area contributed by atoms with E-state index in [4.69, 9.17) is 10.00 Å². The molecule has 0 saturated carbocycles. The zero-order chi connectivity index (χ0) is 13.6. The molecule has 0 spiro atoms. The Kier molecular flexibility index (Phi) is 5.18. The molecule has 3 nitrogen and oxygen atoms in total. The predicted molar refractivity (Wildman–Crippen MR) is 73.5 cm³/mol. The first-order valence-electron chi connectivity index (χ1n) is 6.24. The molecular formula is C15H22N2O. The summed E-state index contributed by atoms with van der Waals surface area (Å²) < 4.78 is 5.12. The second-order valence-corrected chi connectivity index (χ2v) is 5.63. The van der Waals surface area contributed by atoms with Crippen LogP contribution in [-0.4, -0.2) is 13.7 Å². The van der Waals surface area contributed by atoms with E-state index in [9.17, 15) is 0 Å². The van der Waals surface area contributed by atoms with E-state index in [1.54, 1.807) is 7.11 Å². The van der Waals surface area contributed by atoms with Gasteiger partial charge in [0.2, 0.25) is 0 Å². The normalized spacial score (nSPS) is 11.1. The van der Waals surface area contributed by atoms with Crippen LogP contribution in [0.5, 0.6) is 5.75 Å². The molecule has 0 fully saturated rings. The highest BCUT2D eigenvalue weighted by Gasteiger charge is 2.09. The van der Waals surface area contributed by atoms with Crippen molar-refractivity contribution >= 4 is 0 Å². The van der Waals surface area contributed by atoms with E-state index in [1.165, 1.54) is 0 Å². The summed E-state index contributed by atoms with van der Waals surface area (Å²) in [4.78, 5) is 0. The molecule has 0 aliphatic carbocycles. The number of benzene rings is 1. The molecule has 1 aromatic carbocycles. The minimum Gasteiger partial charge on any atom is -0.495 e. The molecule has 0 aromatic heterocycles. The maximum atomic E-state index is 9.00. The van der Waals surface area contributed by atoms with Gasteiger partial charge in [-0.3, -0.25) is 0 Å². The Hall–Kier alpha value is -1.53. The van der Waals surface area contributed by atoms with E-state index in [-0.39, 0.29) is 0 Å². The minimum absolute atomic E-state index is 0.352. The fourth-order valence-corrected chi connectivity index (χ4v) is 1.65. The Morgan fingerprint density at radius 2 is 2.06 bits per heavy atom. The van der Waals surface area contributed by atoms with Crippen LogP contribution < -0.4 is 10.1 Å². The van der Waals surface area contributed by atoms with Crippen molar-refractivity contribution in [2.75, 3.05) is 13.7 Å². The van der Waals surface area contributed by atoms with Gasteiger partial charge in [0.25, 0.3) is 0 Å². The van der Waals surface area contributed by atoms with Crippen molar-refractivity contribution in [3.8, 4) is 11.8 Å². The summed E-state index contributed by atoms with van der Waals surface area (Å²) in [5.41, 5.74) is 2.05. The topological polar surface area (TPSA) is 45.0 Å². The van der Waals surface area contributed by atoms with Gasteiger partial charge in [-0.05, 0) is 36.1 Å². The summed E-state index contributed by atoms with van der Waals surface area (Å²) >= 11 is 0. The summed E-state index contributed by atoms with van der Waals surface area (Å²) in [5, 5.41) is 12.4. The zero-order valence-electron chi connectivity index (χ0n) is 11.7. The van der Waals surface area contributed by atoms with E-state index < -0.39 is 0 Å². The lowest BCUT2D eigenvalue weighted by Gasteiger charge is -2.18. The van der Waals surface area contributed by atoms with Gasteiger partial charge in [0.05, 0.1) is 12.7 Å². The molecule has 0 aliphatic heterocycles. The number of hydrogen-bond donors (Lipinski definition) is 1. The van der Waals surface area contributed by atoms with Crippen LogP contribution >= 0.6 is 0 Å². The molecule has 3 heteroatoms. The molecule has 98 valence electrons. The Labute approximate surface area is 110 Å². The summed E-state index contributed by atoms with van der Waals surface area (Å²) in [5.74, 6) is 0.635. The van der Waals surface area contributed by atoms with Crippen molar-refractivity contribution in [2.24, 2.45) is 5.41 Å². The third kappa shape index (κ3) is 4.77. The Bertz CT molecular complexity index is 427. The lowest BCUT2D eigenvalue weighted by atomic mass is 9.92. The number of nitrogens with one attached hydrogen (secondary N) is 1. The molecule has 1 rings (SSSR count). The van der Waals surface area contributed by atoms with Crippen LogP contribution in [0.15, 0.2) is 18.2 Å². The highest BCUT2D eigenvalue weighted by Crippen LogP contribution is 2.19. The standard InChI is InChI=1S/C15H22N2O/c1-15(2,3)7-8-17-11-12-5-6-14(18-4)13(9-12)10-16/h5-6,9,17H,7-8,11H2,1-4H3. The van der Waals surface area contributed by atoms with Crippen molar-refractivity contribution in [3.63, 3.8) is 0 Å². The van der Waals surface area contributed by atoms with Crippen molar-refractivity contribution < 1.29 is 4.74 Å². The van der Waals surface area contributed by atoms with Crippen molar-refractivity contribution in [3.05, 3.63) is 29.3 Å². The second-order valence-electron chi connectivity index (χ2n) is 5.63. The van der Waals surface area contributed by atoms with Gasteiger partial charge in [-0.15, -0.1) is 0 Å². The summed E-state index contributed by atoms with van der Waals surface area (Å²) in [6.45, 7) is 8.47. The van der Waals surface area contributed by atoms with Gasteiger partial charge >= 0.3 is 0 Å². The van der Waals surface area contributed by atoms with E-state index in [0.29, 0.717) is 16.7 Å². The molecule has 0 unspecified atom stereocenters. The smallest absolute Gasteiger partial charge is 0.136 e. The molecule has 0 amide bonds. The maximum Gasteiger partial charge on any atom is 0.136 e. The highest BCUT2D eigenvalue weighted by atomic mass is 16.5. The SMILES string of the molecule is COc1ccc(CNCCC(C)(C)C)cc1C#N. The largest absolute Gasteiger partial charge is 0.495 e. The van der Waals surface area contributed by atoms with Crippen LogP contribution in [0.2, 0.25) is 0 Å². The number of nitrogens with zero attached hydrogens (tertiary/aromatic N) is 1. The number of nitriles is 1. The lowest BCUT2D eigenvalue weighted by molar-refractivity contribution is 0.366. The summed E-state index contributed by atoms with van der Waals surface area (Å²) in [6, 6.07) is 7.86. The fraction of sp³-hybridized carbons (Fsp3) is 0.533. The summed E-state index contributed by atoms with van der Waals surface area (Å²) in [7, 11) is 1.58. The quantitative estimate of drug-likeness (QED) is 0.812. The van der Waals surface area contributed by atoms with Gasteiger partial charge in [-0.25, -0.2) is 0 Å². The van der Waals surface area contributed by atoms with Gasteiger partial charge in [0.1, 0.15) is 11.8 Å². The molecule has 0 heterocycles. The van der Waals surface area contributed by atoms with E-state index in [2.05, 4.69) is 32.2 Å². The van der Waals surface area contributed by atoms with Crippen LogP contribution in [0.4, 0.5) is 0 Å². The first-order valence-corrected chi connectivity index (χ1v) is 6.24. The van der Waals surface area contributed by atoms with Crippen LogP contribution in [0.1, 0.15) is 38.3 Å². The van der Waals surface area contributed by atoms with Crippen molar-refractivity contribution in [1.82, 2.24) is 5.32 Å². The molecule has 0 radical (unpaired) electrons. The number of hydrogen-bond acceptors (Lipinski definition) is 3. The van der Waals surface area contributed by atoms with E-state index in [1.807, 2.05) is 18.2 Å². The Balaban J connectivity index is 2.51. The third-order valence-corrected chi connectivity index (χ3v) is 2.77. The number of methoxy groups -OCH3 is 1. The first kappa shape index (κ1) is 14.5. The molecule has 1 aromatic rings. The fourth-order valence-electron chi connectivity index (χ4n) is 1.65. The molecule has 18 heavy (non-hydrogen) atoms. The Morgan fingerprint density at radius 1 is 1.33 bits per heavy atom. The molecule has 0 bridgehead atoms. The highest BCUT2D eigenvalue weighted by molar-refractivity contribution is 5.45. The van der Waals surface area contributed by atoms with Crippen LogP contribution in [0.3, 0.4) is 0 Å². The molecule has 0 saturated heterocycles. The molecule has 0 atom stereocenters. The van der Waals surface area contributed by atoms with Gasteiger partial charge in [0, 0.05) is 6.54 Å². The number of ether oxygens (including phenoxy) is 1. The monoisotopic (exact) mass is 246 g/mol. The van der Waals surface area contributed by atoms with E-state index >= 15 is 0 Å². The minimum atomic E-state index is 0.352. The summed E-state index contributed by atoms with van der Waals surface area (Å²) in [6.07, 6.45) is 1.13. The number of rotatable bonds is 5.